The molecule has 2 atom stereocenters. The van der Waals surface area contributed by atoms with Gasteiger partial charge in [-0.15, -0.1) is 0 Å². The van der Waals surface area contributed by atoms with E-state index in [1.165, 1.54) is 11.1 Å². The van der Waals surface area contributed by atoms with Crippen LogP contribution in [0.5, 0.6) is 0 Å². The summed E-state index contributed by atoms with van der Waals surface area (Å²) in [6.45, 7) is 5.58. The molecule has 0 spiro atoms. The Morgan fingerprint density at radius 1 is 1.35 bits per heavy atom. The zero-order chi connectivity index (χ0) is 16.1. The summed E-state index contributed by atoms with van der Waals surface area (Å²) < 4.78 is 7.94. The zero-order valence-electron chi connectivity index (χ0n) is 13.6. The van der Waals surface area contributed by atoms with Crippen molar-refractivity contribution in [2.45, 2.75) is 38.0 Å². The predicted molar refractivity (Wildman–Crippen MR) is 90.8 cm³/mol. The number of likely N-dealkylation sites (N-methyl/N-ethyl adjacent to an activating group) is 1. The molecule has 0 bridgehead atoms. The van der Waals surface area contributed by atoms with Gasteiger partial charge in [0, 0.05) is 44.3 Å². The molecule has 3 rings (SSSR count). The second kappa shape index (κ2) is 7.53. The van der Waals surface area contributed by atoms with Crippen LogP contribution in [-0.2, 0) is 17.7 Å². The maximum Gasteiger partial charge on any atom is 0.0706 e. The molecule has 23 heavy (non-hydrogen) atoms. The Labute approximate surface area is 137 Å². The minimum atomic E-state index is 0.300. The summed E-state index contributed by atoms with van der Waals surface area (Å²) in [5.41, 5.74) is 2.45. The van der Waals surface area contributed by atoms with Gasteiger partial charge in [0.05, 0.1) is 18.4 Å². The number of aromatic nitrogens is 3. The maximum absolute atomic E-state index is 6.20. The quantitative estimate of drug-likeness (QED) is 0.788. The number of ether oxygens (including phenoxy) is 1. The normalized spacial score (nSPS) is 21.0. The number of nitrogens with zero attached hydrogens (tertiary/aromatic N) is 4. The zero-order valence-corrected chi connectivity index (χ0v) is 13.6. The van der Waals surface area contributed by atoms with Crippen molar-refractivity contribution in [1.29, 1.82) is 0 Å². The van der Waals surface area contributed by atoms with Crippen LogP contribution in [0.3, 0.4) is 0 Å². The van der Waals surface area contributed by atoms with Gasteiger partial charge in [0.15, 0.2) is 0 Å². The molecule has 0 unspecified atom stereocenters. The van der Waals surface area contributed by atoms with Gasteiger partial charge >= 0.3 is 0 Å². The maximum atomic E-state index is 6.20. The van der Waals surface area contributed by atoms with E-state index in [4.69, 9.17) is 4.74 Å². The molecule has 0 aliphatic carbocycles. The van der Waals surface area contributed by atoms with E-state index in [-0.39, 0.29) is 0 Å². The largest absolute Gasteiger partial charge is 0.373 e. The SMILES string of the molecule is C=Cn1cc(C[C@@H]2CC[C@H](CN(C)Cc3cccnc3)O2)cn1. The van der Waals surface area contributed by atoms with Crippen LogP contribution in [0.4, 0.5) is 0 Å². The molecule has 0 radical (unpaired) electrons. The number of hydrogen-bond acceptors (Lipinski definition) is 4. The lowest BCUT2D eigenvalue weighted by molar-refractivity contribution is 0.0267. The Morgan fingerprint density at radius 2 is 2.22 bits per heavy atom. The van der Waals surface area contributed by atoms with Crippen LogP contribution in [0, 0.1) is 0 Å². The lowest BCUT2D eigenvalue weighted by atomic mass is 10.1. The summed E-state index contributed by atoms with van der Waals surface area (Å²) in [6, 6.07) is 4.09. The number of pyridine rings is 1. The second-order valence-electron chi connectivity index (χ2n) is 6.23. The molecule has 3 heterocycles. The summed E-state index contributed by atoms with van der Waals surface area (Å²) in [5, 5.41) is 4.22. The van der Waals surface area contributed by atoms with Gasteiger partial charge in [0.25, 0.3) is 0 Å². The minimum Gasteiger partial charge on any atom is -0.373 e. The predicted octanol–water partition coefficient (Wildman–Crippen LogP) is 2.60. The van der Waals surface area contributed by atoms with Crippen molar-refractivity contribution in [1.82, 2.24) is 19.7 Å². The summed E-state index contributed by atoms with van der Waals surface area (Å²) in [6.07, 6.45) is 13.1. The van der Waals surface area contributed by atoms with Crippen LogP contribution in [0.2, 0.25) is 0 Å². The highest BCUT2D eigenvalue weighted by Crippen LogP contribution is 2.23. The van der Waals surface area contributed by atoms with Crippen LogP contribution in [0.25, 0.3) is 6.20 Å². The molecule has 1 aliphatic heterocycles. The molecule has 0 amide bonds. The molecule has 5 nitrogen and oxygen atoms in total. The highest BCUT2D eigenvalue weighted by Gasteiger charge is 2.26. The van der Waals surface area contributed by atoms with Crippen molar-refractivity contribution in [2.24, 2.45) is 0 Å². The van der Waals surface area contributed by atoms with Crippen molar-refractivity contribution < 1.29 is 4.74 Å². The third-order valence-electron chi connectivity index (χ3n) is 4.19. The van der Waals surface area contributed by atoms with E-state index >= 15 is 0 Å². The fraction of sp³-hybridized carbons (Fsp3) is 0.444. The molecule has 0 aromatic carbocycles. The fourth-order valence-electron chi connectivity index (χ4n) is 3.13. The number of rotatable bonds is 7. The van der Waals surface area contributed by atoms with E-state index < -0.39 is 0 Å². The first-order valence-corrected chi connectivity index (χ1v) is 8.11. The topological polar surface area (TPSA) is 43.2 Å². The van der Waals surface area contributed by atoms with Gasteiger partial charge in [0.2, 0.25) is 0 Å². The summed E-state index contributed by atoms with van der Waals surface area (Å²) >= 11 is 0. The molecular formula is C18H24N4O. The molecule has 0 saturated carbocycles. The van der Waals surface area contributed by atoms with Crippen LogP contribution in [0.15, 0.2) is 43.5 Å². The van der Waals surface area contributed by atoms with Crippen LogP contribution in [-0.4, -0.2) is 45.5 Å². The molecule has 5 heteroatoms. The average molecular weight is 312 g/mol. The Hall–Kier alpha value is -1.98. The average Bonchev–Trinajstić information content (AvgIpc) is 3.18. The molecule has 1 fully saturated rings. The van der Waals surface area contributed by atoms with Crippen LogP contribution in [0.1, 0.15) is 24.0 Å². The van der Waals surface area contributed by atoms with Gasteiger partial charge in [0.1, 0.15) is 0 Å². The van der Waals surface area contributed by atoms with Gasteiger partial charge in [-0.3, -0.25) is 9.88 Å². The van der Waals surface area contributed by atoms with E-state index in [1.807, 2.05) is 30.9 Å². The van der Waals surface area contributed by atoms with Crippen LogP contribution < -0.4 is 0 Å². The minimum absolute atomic E-state index is 0.300. The first-order valence-electron chi connectivity index (χ1n) is 8.11. The molecule has 0 N–H and O–H groups in total. The van der Waals surface area contributed by atoms with E-state index in [2.05, 4.69) is 34.7 Å². The highest BCUT2D eigenvalue weighted by atomic mass is 16.5. The van der Waals surface area contributed by atoms with Gasteiger partial charge in [-0.2, -0.15) is 5.10 Å². The first-order chi connectivity index (χ1) is 11.2. The molecule has 122 valence electrons. The van der Waals surface area contributed by atoms with E-state index in [1.54, 1.807) is 10.9 Å². The Bertz CT molecular complexity index is 625. The first kappa shape index (κ1) is 15.9. The lowest BCUT2D eigenvalue weighted by Crippen LogP contribution is -2.29. The Morgan fingerprint density at radius 3 is 2.96 bits per heavy atom. The third-order valence-corrected chi connectivity index (χ3v) is 4.19. The van der Waals surface area contributed by atoms with Crippen LogP contribution >= 0.6 is 0 Å². The fourth-order valence-corrected chi connectivity index (χ4v) is 3.13. The van der Waals surface area contributed by atoms with E-state index in [9.17, 15) is 0 Å². The van der Waals surface area contributed by atoms with Crippen molar-refractivity contribution in [3.05, 3.63) is 54.6 Å². The van der Waals surface area contributed by atoms with Crippen molar-refractivity contribution in [3.63, 3.8) is 0 Å². The van der Waals surface area contributed by atoms with Gasteiger partial charge < -0.3 is 4.74 Å². The van der Waals surface area contributed by atoms with Crippen molar-refractivity contribution in [2.75, 3.05) is 13.6 Å². The Balaban J connectivity index is 1.45. The smallest absolute Gasteiger partial charge is 0.0706 e. The van der Waals surface area contributed by atoms with Gasteiger partial charge in [-0.05, 0) is 37.1 Å². The summed E-state index contributed by atoms with van der Waals surface area (Å²) in [5.74, 6) is 0. The molecular weight excluding hydrogens is 288 g/mol. The summed E-state index contributed by atoms with van der Waals surface area (Å²) in [7, 11) is 2.14. The number of hydrogen-bond donors (Lipinski definition) is 0. The summed E-state index contributed by atoms with van der Waals surface area (Å²) in [4.78, 5) is 6.47. The van der Waals surface area contributed by atoms with Gasteiger partial charge in [-0.25, -0.2) is 4.68 Å². The van der Waals surface area contributed by atoms with E-state index in [0.29, 0.717) is 12.2 Å². The molecule has 1 saturated heterocycles. The standard InChI is InChI=1S/C18H24N4O/c1-3-22-13-16(11-20-22)9-17-6-7-18(23-17)14-21(2)12-15-5-4-8-19-10-15/h3-5,8,10-11,13,17-18H,1,6-7,9,12,14H2,2H3/t17-,18+/m0/s1. The monoisotopic (exact) mass is 312 g/mol. The second-order valence-corrected chi connectivity index (χ2v) is 6.23. The van der Waals surface area contributed by atoms with Gasteiger partial charge in [-0.1, -0.05) is 12.6 Å². The third kappa shape index (κ3) is 4.50. The van der Waals surface area contributed by atoms with E-state index in [0.717, 1.165) is 32.4 Å². The van der Waals surface area contributed by atoms with Crippen molar-refractivity contribution >= 4 is 6.20 Å². The molecule has 2 aromatic rings. The molecule has 1 aliphatic rings. The lowest BCUT2D eigenvalue weighted by Gasteiger charge is -2.21. The Kier molecular flexibility index (Phi) is 5.20. The highest BCUT2D eigenvalue weighted by molar-refractivity contribution is 5.18. The van der Waals surface area contributed by atoms with Crippen molar-refractivity contribution in [3.8, 4) is 0 Å². The molecule has 2 aromatic heterocycles.